The van der Waals surface area contributed by atoms with E-state index in [2.05, 4.69) is 10.3 Å². The zero-order chi connectivity index (χ0) is 14.2. The number of rotatable bonds is 6. The Morgan fingerprint density at radius 1 is 1.40 bits per heavy atom. The number of hydrogen-bond acceptors (Lipinski definition) is 5. The first-order chi connectivity index (χ1) is 9.79. The van der Waals surface area contributed by atoms with Crippen molar-refractivity contribution in [3.05, 3.63) is 52.5 Å². The molecule has 1 aromatic heterocycles. The average molecular weight is 292 g/mol. The number of ether oxygens (including phenoxy) is 1. The number of alkyl carbamates (subject to hydrolysis) is 1. The Kier molecular flexibility index (Phi) is 5.52. The highest BCUT2D eigenvalue weighted by Crippen LogP contribution is 2.19. The lowest BCUT2D eigenvalue weighted by atomic mass is 10.2. The van der Waals surface area contributed by atoms with Crippen LogP contribution in [-0.2, 0) is 11.3 Å². The number of aliphatic hydroxyl groups is 1. The van der Waals surface area contributed by atoms with Crippen LogP contribution in [0.25, 0.3) is 0 Å². The van der Waals surface area contributed by atoms with Gasteiger partial charge in [-0.3, -0.25) is 0 Å². The second kappa shape index (κ2) is 7.62. The van der Waals surface area contributed by atoms with Crippen LogP contribution in [0.1, 0.15) is 23.0 Å². The van der Waals surface area contributed by atoms with Gasteiger partial charge < -0.3 is 15.2 Å². The Labute approximate surface area is 121 Å². The predicted molar refractivity (Wildman–Crippen MR) is 76.3 cm³/mol. The summed E-state index contributed by atoms with van der Waals surface area (Å²) in [5, 5.41) is 14.3. The minimum atomic E-state index is -0.512. The highest BCUT2D eigenvalue weighted by Gasteiger charge is 2.17. The van der Waals surface area contributed by atoms with Gasteiger partial charge in [0, 0.05) is 18.2 Å². The van der Waals surface area contributed by atoms with Crippen LogP contribution in [0.3, 0.4) is 0 Å². The van der Waals surface area contributed by atoms with E-state index < -0.39 is 6.09 Å². The maximum Gasteiger partial charge on any atom is 0.408 e. The molecule has 0 saturated carbocycles. The second-order valence-electron chi connectivity index (χ2n) is 4.14. The third kappa shape index (κ3) is 4.32. The number of thiazole rings is 1. The van der Waals surface area contributed by atoms with Crippen LogP contribution in [0.15, 0.2) is 41.9 Å². The van der Waals surface area contributed by atoms with Crippen LogP contribution < -0.4 is 5.32 Å². The minimum absolute atomic E-state index is 0.0246. The van der Waals surface area contributed by atoms with Crippen molar-refractivity contribution in [2.45, 2.75) is 19.1 Å². The molecule has 2 aromatic rings. The molecule has 2 rings (SSSR count). The largest absolute Gasteiger partial charge is 0.445 e. The number of nitrogens with one attached hydrogen (secondary N) is 1. The highest BCUT2D eigenvalue weighted by atomic mass is 32.1. The molecule has 106 valence electrons. The molecule has 1 amide bonds. The normalized spacial score (nSPS) is 11.8. The van der Waals surface area contributed by atoms with Crippen LogP contribution in [-0.4, -0.2) is 22.8 Å². The summed E-state index contributed by atoms with van der Waals surface area (Å²) in [5.41, 5.74) is 0.926. The molecule has 1 atom stereocenters. The second-order valence-corrected chi connectivity index (χ2v) is 5.07. The van der Waals surface area contributed by atoms with E-state index in [4.69, 9.17) is 9.84 Å². The Hall–Kier alpha value is -1.92. The lowest BCUT2D eigenvalue weighted by Gasteiger charge is -2.15. The van der Waals surface area contributed by atoms with Crippen molar-refractivity contribution in [3.8, 4) is 0 Å². The predicted octanol–water partition coefficient (Wildman–Crippen LogP) is 2.49. The first-order valence-electron chi connectivity index (χ1n) is 6.27. The monoisotopic (exact) mass is 292 g/mol. The molecule has 6 heteroatoms. The third-order valence-corrected chi connectivity index (χ3v) is 3.56. The van der Waals surface area contributed by atoms with Crippen molar-refractivity contribution < 1.29 is 14.6 Å². The molecule has 0 spiro atoms. The van der Waals surface area contributed by atoms with E-state index in [9.17, 15) is 4.79 Å². The molecular formula is C14H16N2O3S. The first-order valence-corrected chi connectivity index (χ1v) is 7.15. The SMILES string of the molecule is O=C(N[C@H](CCO)c1nccs1)OCc1ccccc1. The van der Waals surface area contributed by atoms with Gasteiger partial charge in [0.05, 0.1) is 6.04 Å². The zero-order valence-corrected chi connectivity index (χ0v) is 11.7. The number of aliphatic hydroxyl groups excluding tert-OH is 1. The third-order valence-electron chi connectivity index (χ3n) is 2.67. The van der Waals surface area contributed by atoms with Crippen molar-refractivity contribution in [1.29, 1.82) is 0 Å². The van der Waals surface area contributed by atoms with Crippen molar-refractivity contribution >= 4 is 17.4 Å². The first kappa shape index (κ1) is 14.5. The summed E-state index contributed by atoms with van der Waals surface area (Å²) in [6, 6.07) is 9.15. The van der Waals surface area contributed by atoms with Gasteiger partial charge in [0.15, 0.2) is 0 Å². The van der Waals surface area contributed by atoms with E-state index in [1.165, 1.54) is 11.3 Å². The number of aromatic nitrogens is 1. The molecule has 2 N–H and O–H groups in total. The minimum Gasteiger partial charge on any atom is -0.445 e. The van der Waals surface area contributed by atoms with Crippen molar-refractivity contribution in [2.75, 3.05) is 6.61 Å². The number of carbonyl (C=O) groups excluding carboxylic acids is 1. The molecule has 0 saturated heterocycles. The fraction of sp³-hybridized carbons (Fsp3) is 0.286. The van der Waals surface area contributed by atoms with Gasteiger partial charge in [-0.25, -0.2) is 9.78 Å². The van der Waals surface area contributed by atoms with Gasteiger partial charge in [-0.15, -0.1) is 11.3 Å². The molecule has 0 unspecified atom stereocenters. The molecule has 0 bridgehead atoms. The van der Waals surface area contributed by atoms with Crippen LogP contribution in [0.4, 0.5) is 4.79 Å². The zero-order valence-electron chi connectivity index (χ0n) is 10.9. The van der Waals surface area contributed by atoms with Crippen molar-refractivity contribution in [3.63, 3.8) is 0 Å². The van der Waals surface area contributed by atoms with E-state index >= 15 is 0 Å². The average Bonchev–Trinajstić information content (AvgIpc) is 3.00. The van der Waals surface area contributed by atoms with E-state index in [0.29, 0.717) is 6.42 Å². The summed E-state index contributed by atoms with van der Waals surface area (Å²) >= 11 is 1.43. The van der Waals surface area contributed by atoms with Gasteiger partial charge >= 0.3 is 6.09 Å². The molecule has 0 aliphatic rings. The molecule has 20 heavy (non-hydrogen) atoms. The Morgan fingerprint density at radius 2 is 2.20 bits per heavy atom. The van der Waals surface area contributed by atoms with E-state index in [1.807, 2.05) is 35.7 Å². The Bertz CT molecular complexity index is 516. The quantitative estimate of drug-likeness (QED) is 0.858. The number of amides is 1. The van der Waals surface area contributed by atoms with Crippen molar-refractivity contribution in [1.82, 2.24) is 10.3 Å². The molecule has 1 aromatic carbocycles. The van der Waals surface area contributed by atoms with E-state index in [-0.39, 0.29) is 19.3 Å². The number of hydrogen-bond donors (Lipinski definition) is 2. The molecule has 5 nitrogen and oxygen atoms in total. The summed E-state index contributed by atoms with van der Waals surface area (Å²) < 4.78 is 5.15. The topological polar surface area (TPSA) is 71.5 Å². The summed E-state index contributed by atoms with van der Waals surface area (Å²) in [7, 11) is 0. The fourth-order valence-electron chi connectivity index (χ4n) is 1.70. The molecule has 1 heterocycles. The van der Waals surface area contributed by atoms with Crippen LogP contribution in [0.5, 0.6) is 0 Å². The summed E-state index contributed by atoms with van der Waals surface area (Å²) in [4.78, 5) is 15.9. The standard InChI is InChI=1S/C14H16N2O3S/c17-8-6-12(13-15-7-9-20-13)16-14(18)19-10-11-4-2-1-3-5-11/h1-5,7,9,12,17H,6,8,10H2,(H,16,18)/t12-/m1/s1. The van der Waals surface area contributed by atoms with Gasteiger partial charge in [0.25, 0.3) is 0 Å². The maximum atomic E-state index is 11.8. The van der Waals surface area contributed by atoms with Crippen LogP contribution in [0, 0.1) is 0 Å². The number of carbonyl (C=O) groups is 1. The van der Waals surface area contributed by atoms with Crippen LogP contribution >= 0.6 is 11.3 Å². The molecule has 0 aliphatic heterocycles. The molecule has 0 radical (unpaired) electrons. The molecular weight excluding hydrogens is 276 g/mol. The van der Waals surface area contributed by atoms with Gasteiger partial charge in [0.2, 0.25) is 0 Å². The highest BCUT2D eigenvalue weighted by molar-refractivity contribution is 7.09. The number of benzene rings is 1. The molecule has 0 fully saturated rings. The Balaban J connectivity index is 1.86. The smallest absolute Gasteiger partial charge is 0.408 e. The summed E-state index contributed by atoms with van der Waals surface area (Å²) in [6.07, 6.45) is 1.57. The lowest BCUT2D eigenvalue weighted by molar-refractivity contribution is 0.133. The van der Waals surface area contributed by atoms with E-state index in [0.717, 1.165) is 10.6 Å². The van der Waals surface area contributed by atoms with Gasteiger partial charge in [-0.1, -0.05) is 30.3 Å². The van der Waals surface area contributed by atoms with E-state index in [1.54, 1.807) is 6.20 Å². The Morgan fingerprint density at radius 3 is 2.85 bits per heavy atom. The van der Waals surface area contributed by atoms with Gasteiger partial charge in [-0.2, -0.15) is 0 Å². The summed E-state index contributed by atoms with van der Waals surface area (Å²) in [6.45, 7) is 0.194. The summed E-state index contributed by atoms with van der Waals surface area (Å²) in [5.74, 6) is 0. The van der Waals surface area contributed by atoms with Gasteiger partial charge in [0.1, 0.15) is 11.6 Å². The number of nitrogens with zero attached hydrogens (tertiary/aromatic N) is 1. The van der Waals surface area contributed by atoms with Crippen molar-refractivity contribution in [2.24, 2.45) is 0 Å². The van der Waals surface area contributed by atoms with Gasteiger partial charge in [-0.05, 0) is 12.0 Å². The fourth-order valence-corrected chi connectivity index (χ4v) is 2.42. The van der Waals surface area contributed by atoms with Crippen LogP contribution in [0.2, 0.25) is 0 Å². The molecule has 0 aliphatic carbocycles. The lowest BCUT2D eigenvalue weighted by Crippen LogP contribution is -2.29. The maximum absolute atomic E-state index is 11.8.